The number of carboxylic acids is 1. The van der Waals surface area contributed by atoms with Crippen molar-refractivity contribution in [3.05, 3.63) is 75.1 Å². The lowest BCUT2D eigenvalue weighted by molar-refractivity contribution is 0.0702. The van der Waals surface area contributed by atoms with E-state index in [2.05, 4.69) is 10.6 Å². The van der Waals surface area contributed by atoms with Gasteiger partial charge in [0.2, 0.25) is 0 Å². The zero-order valence-corrected chi connectivity index (χ0v) is 19.4. The molecule has 2 heterocycles. The SMILES string of the molecule is O=C(O)c1sc(-c2ccccc2)cc1NC(C(=O)c1ccc(Cl)cc1Cl)C1CCNCC1. The molecule has 4 rings (SSSR count). The lowest BCUT2D eigenvalue weighted by Crippen LogP contribution is -2.42. The second kappa shape index (κ2) is 10.0. The standard InChI is InChI=1S/C24H22Cl2N2O3S/c25-16-6-7-17(18(26)12-16)22(29)21(15-8-10-27-11-9-15)28-19-13-20(32-23(19)24(30)31)14-4-2-1-3-5-14/h1-7,12-13,15,21,27-28H,8-11H2,(H,30,31). The van der Waals surface area contributed by atoms with Crippen LogP contribution in [0.5, 0.6) is 0 Å². The van der Waals surface area contributed by atoms with Gasteiger partial charge in [0, 0.05) is 15.5 Å². The van der Waals surface area contributed by atoms with E-state index < -0.39 is 12.0 Å². The number of hydrogen-bond donors (Lipinski definition) is 3. The van der Waals surface area contributed by atoms with Crippen molar-refractivity contribution in [1.82, 2.24) is 5.32 Å². The summed E-state index contributed by atoms with van der Waals surface area (Å²) in [5.41, 5.74) is 1.75. The van der Waals surface area contributed by atoms with Gasteiger partial charge >= 0.3 is 5.97 Å². The van der Waals surface area contributed by atoms with Crippen LogP contribution < -0.4 is 10.6 Å². The molecule has 32 heavy (non-hydrogen) atoms. The molecule has 1 atom stereocenters. The summed E-state index contributed by atoms with van der Waals surface area (Å²) in [7, 11) is 0. The van der Waals surface area contributed by atoms with E-state index >= 15 is 0 Å². The van der Waals surface area contributed by atoms with Crippen LogP contribution in [0.1, 0.15) is 32.9 Å². The van der Waals surface area contributed by atoms with Gasteiger partial charge in [-0.05, 0) is 61.7 Å². The van der Waals surface area contributed by atoms with E-state index in [9.17, 15) is 14.7 Å². The first-order chi connectivity index (χ1) is 15.4. The molecule has 1 saturated heterocycles. The van der Waals surface area contributed by atoms with Crippen LogP contribution >= 0.6 is 34.5 Å². The molecule has 1 unspecified atom stereocenters. The predicted molar refractivity (Wildman–Crippen MR) is 131 cm³/mol. The van der Waals surface area contributed by atoms with Gasteiger partial charge in [-0.15, -0.1) is 11.3 Å². The first kappa shape index (κ1) is 22.8. The number of thiophene rings is 1. The van der Waals surface area contributed by atoms with Crippen molar-refractivity contribution in [3.8, 4) is 10.4 Å². The van der Waals surface area contributed by atoms with Gasteiger partial charge in [-0.2, -0.15) is 0 Å². The van der Waals surface area contributed by atoms with Gasteiger partial charge in [0.1, 0.15) is 4.88 Å². The molecule has 0 amide bonds. The Morgan fingerprint density at radius 3 is 2.44 bits per heavy atom. The molecule has 0 bridgehead atoms. The number of hydrogen-bond acceptors (Lipinski definition) is 5. The molecule has 5 nitrogen and oxygen atoms in total. The summed E-state index contributed by atoms with van der Waals surface area (Å²) < 4.78 is 0. The van der Waals surface area contributed by atoms with Gasteiger partial charge in [-0.1, -0.05) is 53.5 Å². The molecule has 1 aliphatic rings. The molecular formula is C24H22Cl2N2O3S. The first-order valence-corrected chi connectivity index (χ1v) is 11.9. The molecule has 8 heteroatoms. The summed E-state index contributed by atoms with van der Waals surface area (Å²) in [4.78, 5) is 26.6. The Balaban J connectivity index is 1.71. The van der Waals surface area contributed by atoms with Crippen molar-refractivity contribution in [2.45, 2.75) is 18.9 Å². The number of nitrogens with one attached hydrogen (secondary N) is 2. The number of anilines is 1. The summed E-state index contributed by atoms with van der Waals surface area (Å²) in [6.07, 6.45) is 1.60. The van der Waals surface area contributed by atoms with Crippen LogP contribution in [0.3, 0.4) is 0 Å². The lowest BCUT2D eigenvalue weighted by Gasteiger charge is -2.31. The molecule has 0 spiro atoms. The maximum absolute atomic E-state index is 13.6. The Morgan fingerprint density at radius 2 is 1.78 bits per heavy atom. The average molecular weight is 489 g/mol. The van der Waals surface area contributed by atoms with E-state index in [4.69, 9.17) is 23.2 Å². The number of ketones is 1. The molecule has 1 fully saturated rings. The van der Waals surface area contributed by atoms with Gasteiger partial charge < -0.3 is 15.7 Å². The van der Waals surface area contributed by atoms with E-state index in [1.165, 1.54) is 11.3 Å². The molecular weight excluding hydrogens is 467 g/mol. The van der Waals surface area contributed by atoms with E-state index in [1.807, 2.05) is 36.4 Å². The number of carbonyl (C=O) groups is 2. The van der Waals surface area contributed by atoms with Crippen molar-refractivity contribution in [2.75, 3.05) is 18.4 Å². The fraction of sp³-hybridized carbons (Fsp3) is 0.250. The van der Waals surface area contributed by atoms with E-state index in [-0.39, 0.29) is 21.6 Å². The van der Waals surface area contributed by atoms with Gasteiger partial charge in [-0.25, -0.2) is 4.79 Å². The molecule has 1 aliphatic heterocycles. The Bertz CT molecular complexity index is 1130. The minimum atomic E-state index is -1.03. The van der Waals surface area contributed by atoms with Crippen LogP contribution in [0.4, 0.5) is 5.69 Å². The molecule has 0 saturated carbocycles. The third-order valence-electron chi connectivity index (χ3n) is 5.63. The Labute approximate surface area is 200 Å². The zero-order valence-electron chi connectivity index (χ0n) is 17.1. The topological polar surface area (TPSA) is 78.4 Å². The number of Topliss-reactive ketones (excluding diaryl/α,β-unsaturated/α-hetero) is 1. The Hall–Kier alpha value is -2.38. The van der Waals surface area contributed by atoms with Crippen LogP contribution in [0, 0.1) is 5.92 Å². The zero-order chi connectivity index (χ0) is 22.7. The van der Waals surface area contributed by atoms with E-state index in [0.29, 0.717) is 16.3 Å². The minimum absolute atomic E-state index is 0.0391. The number of halogens is 2. The maximum atomic E-state index is 13.6. The highest BCUT2D eigenvalue weighted by Crippen LogP contribution is 2.37. The number of benzene rings is 2. The summed E-state index contributed by atoms with van der Waals surface area (Å²) in [6.45, 7) is 1.60. The second-order valence-corrected chi connectivity index (χ2v) is 9.62. The number of carboxylic acid groups (broad SMARTS) is 1. The Kier molecular flexibility index (Phi) is 7.16. The maximum Gasteiger partial charge on any atom is 0.348 e. The smallest absolute Gasteiger partial charge is 0.348 e. The van der Waals surface area contributed by atoms with E-state index in [0.717, 1.165) is 36.4 Å². The number of aromatic carboxylic acids is 1. The van der Waals surface area contributed by atoms with Crippen molar-refractivity contribution < 1.29 is 14.7 Å². The molecule has 166 valence electrons. The highest BCUT2D eigenvalue weighted by atomic mass is 35.5. The van der Waals surface area contributed by atoms with Crippen molar-refractivity contribution in [1.29, 1.82) is 0 Å². The largest absolute Gasteiger partial charge is 0.477 e. The average Bonchev–Trinajstić information content (AvgIpc) is 3.23. The number of rotatable bonds is 7. The fourth-order valence-electron chi connectivity index (χ4n) is 4.00. The van der Waals surface area contributed by atoms with Crippen LogP contribution in [0.15, 0.2) is 54.6 Å². The third-order valence-corrected chi connectivity index (χ3v) is 7.35. The van der Waals surface area contributed by atoms with Crippen molar-refractivity contribution >= 4 is 52.0 Å². The van der Waals surface area contributed by atoms with Crippen LogP contribution in [-0.4, -0.2) is 36.0 Å². The van der Waals surface area contributed by atoms with Crippen molar-refractivity contribution in [3.63, 3.8) is 0 Å². The summed E-state index contributed by atoms with van der Waals surface area (Å²) in [5, 5.41) is 17.2. The second-order valence-electron chi connectivity index (χ2n) is 7.72. The molecule has 3 aromatic rings. The fourth-order valence-corrected chi connectivity index (χ4v) is 5.47. The van der Waals surface area contributed by atoms with Gasteiger partial charge in [0.05, 0.1) is 16.8 Å². The molecule has 3 N–H and O–H groups in total. The van der Waals surface area contributed by atoms with Gasteiger partial charge in [0.25, 0.3) is 0 Å². The summed E-state index contributed by atoms with van der Waals surface area (Å²) in [5.74, 6) is -1.15. The minimum Gasteiger partial charge on any atom is -0.477 e. The van der Waals surface area contributed by atoms with Gasteiger partial charge in [-0.3, -0.25) is 4.79 Å². The Morgan fingerprint density at radius 1 is 1.06 bits per heavy atom. The third kappa shape index (κ3) is 4.99. The molecule has 2 aromatic carbocycles. The van der Waals surface area contributed by atoms with E-state index in [1.54, 1.807) is 18.2 Å². The molecule has 1 aromatic heterocycles. The molecule has 0 radical (unpaired) electrons. The predicted octanol–water partition coefficient (Wildman–Crippen LogP) is 6.08. The quantitative estimate of drug-likeness (QED) is 0.351. The van der Waals surface area contributed by atoms with Crippen LogP contribution in [0.25, 0.3) is 10.4 Å². The monoisotopic (exact) mass is 488 g/mol. The lowest BCUT2D eigenvalue weighted by atomic mass is 9.85. The highest BCUT2D eigenvalue weighted by molar-refractivity contribution is 7.18. The first-order valence-electron chi connectivity index (χ1n) is 10.3. The summed E-state index contributed by atoms with van der Waals surface area (Å²) >= 11 is 13.5. The van der Waals surface area contributed by atoms with Crippen molar-refractivity contribution in [2.24, 2.45) is 5.92 Å². The normalized spacial score (nSPS) is 15.3. The highest BCUT2D eigenvalue weighted by Gasteiger charge is 2.33. The summed E-state index contributed by atoms with van der Waals surface area (Å²) in [6, 6.07) is 15.6. The van der Waals surface area contributed by atoms with Crippen LogP contribution in [0.2, 0.25) is 10.0 Å². The van der Waals surface area contributed by atoms with Gasteiger partial charge in [0.15, 0.2) is 5.78 Å². The molecule has 0 aliphatic carbocycles. The number of carbonyl (C=O) groups excluding carboxylic acids is 1. The number of piperidine rings is 1. The van der Waals surface area contributed by atoms with Crippen LogP contribution in [-0.2, 0) is 0 Å².